The molecule has 0 spiro atoms. The first-order valence-corrected chi connectivity index (χ1v) is 9.31. The average Bonchev–Trinajstić information content (AvgIpc) is 2.70. The molecule has 0 aromatic heterocycles. The Labute approximate surface area is 166 Å². The zero-order chi connectivity index (χ0) is 20.5. The number of aryl methyl sites for hydroxylation is 1. The molecule has 5 heteroatoms. The second-order valence-electron chi connectivity index (χ2n) is 6.90. The van der Waals surface area contributed by atoms with Gasteiger partial charge in [0.2, 0.25) is 0 Å². The summed E-state index contributed by atoms with van der Waals surface area (Å²) in [5.74, 6) is -0.113. The van der Waals surface area contributed by atoms with Crippen molar-refractivity contribution in [3.05, 3.63) is 65.7 Å². The standard InChI is InChI=1S/C23H28O5/c1-16(2)23(26)27-11-10-21-12-20(19-6-4-17(3)5-7-19)8-9-22(21)28-15-18(13-24)14-25/h4-9,12,18,24-25H,1,10-11,13-15H2,2-3H3. The van der Waals surface area contributed by atoms with E-state index in [-0.39, 0.29) is 32.3 Å². The molecule has 0 aliphatic rings. The number of rotatable bonds is 10. The molecule has 0 amide bonds. The van der Waals surface area contributed by atoms with E-state index in [1.165, 1.54) is 5.56 Å². The number of aliphatic hydroxyl groups is 2. The van der Waals surface area contributed by atoms with Crippen molar-refractivity contribution in [2.75, 3.05) is 26.4 Å². The molecule has 28 heavy (non-hydrogen) atoms. The Morgan fingerprint density at radius 3 is 2.32 bits per heavy atom. The molecule has 0 unspecified atom stereocenters. The number of benzene rings is 2. The zero-order valence-electron chi connectivity index (χ0n) is 16.5. The van der Waals surface area contributed by atoms with Crippen molar-refractivity contribution in [1.82, 2.24) is 0 Å². The van der Waals surface area contributed by atoms with Gasteiger partial charge in [-0.25, -0.2) is 4.79 Å². The highest BCUT2D eigenvalue weighted by Gasteiger charge is 2.12. The molecule has 0 aliphatic heterocycles. The molecule has 2 N–H and O–H groups in total. The van der Waals surface area contributed by atoms with Crippen LogP contribution in [0, 0.1) is 12.8 Å². The van der Waals surface area contributed by atoms with E-state index in [1.807, 2.05) is 25.1 Å². The molecule has 0 saturated carbocycles. The van der Waals surface area contributed by atoms with Gasteiger partial charge in [0.25, 0.3) is 0 Å². The molecule has 2 rings (SSSR count). The van der Waals surface area contributed by atoms with Crippen molar-refractivity contribution in [3.63, 3.8) is 0 Å². The first kappa shape index (κ1) is 21.7. The summed E-state index contributed by atoms with van der Waals surface area (Å²) in [4.78, 5) is 11.6. The molecule has 0 fully saturated rings. The van der Waals surface area contributed by atoms with Crippen molar-refractivity contribution >= 4 is 5.97 Å². The lowest BCUT2D eigenvalue weighted by molar-refractivity contribution is -0.138. The Morgan fingerprint density at radius 2 is 1.71 bits per heavy atom. The Bertz CT molecular complexity index is 791. The number of esters is 1. The monoisotopic (exact) mass is 384 g/mol. The van der Waals surface area contributed by atoms with Crippen LogP contribution in [0.4, 0.5) is 0 Å². The fourth-order valence-corrected chi connectivity index (χ4v) is 2.59. The Balaban J connectivity index is 2.20. The molecule has 2 aromatic carbocycles. The highest BCUT2D eigenvalue weighted by atomic mass is 16.5. The van der Waals surface area contributed by atoms with Crippen LogP contribution in [-0.2, 0) is 16.0 Å². The summed E-state index contributed by atoms with van der Waals surface area (Å²) in [5.41, 5.74) is 4.56. The third-order valence-corrected chi connectivity index (χ3v) is 4.39. The largest absolute Gasteiger partial charge is 0.493 e. The number of aliphatic hydroxyl groups excluding tert-OH is 2. The van der Waals surface area contributed by atoms with Gasteiger partial charge in [-0.05, 0) is 42.7 Å². The number of carbonyl (C=O) groups excluding carboxylic acids is 1. The molecule has 2 aromatic rings. The van der Waals surface area contributed by atoms with E-state index in [9.17, 15) is 15.0 Å². The van der Waals surface area contributed by atoms with Crippen LogP contribution in [0.3, 0.4) is 0 Å². The molecule has 0 heterocycles. The third-order valence-electron chi connectivity index (χ3n) is 4.39. The van der Waals surface area contributed by atoms with E-state index >= 15 is 0 Å². The van der Waals surface area contributed by atoms with Crippen LogP contribution in [0.2, 0.25) is 0 Å². The molecule has 0 atom stereocenters. The van der Waals surface area contributed by atoms with Gasteiger partial charge >= 0.3 is 5.97 Å². The van der Waals surface area contributed by atoms with E-state index in [0.29, 0.717) is 17.7 Å². The summed E-state index contributed by atoms with van der Waals surface area (Å²) in [6, 6.07) is 14.1. The first-order valence-electron chi connectivity index (χ1n) is 9.31. The van der Waals surface area contributed by atoms with Gasteiger partial charge < -0.3 is 19.7 Å². The quantitative estimate of drug-likeness (QED) is 0.486. The summed E-state index contributed by atoms with van der Waals surface area (Å²) in [7, 11) is 0. The molecule has 5 nitrogen and oxygen atoms in total. The van der Waals surface area contributed by atoms with Crippen molar-refractivity contribution in [3.8, 4) is 16.9 Å². The van der Waals surface area contributed by atoms with Crippen LogP contribution in [0.25, 0.3) is 11.1 Å². The van der Waals surface area contributed by atoms with Crippen molar-refractivity contribution in [1.29, 1.82) is 0 Å². The number of ether oxygens (including phenoxy) is 2. The van der Waals surface area contributed by atoms with E-state index in [2.05, 4.69) is 30.8 Å². The summed E-state index contributed by atoms with van der Waals surface area (Å²) in [6.07, 6.45) is 0.483. The molecular formula is C23H28O5. The van der Waals surface area contributed by atoms with Crippen LogP contribution >= 0.6 is 0 Å². The van der Waals surface area contributed by atoms with Crippen LogP contribution in [0.5, 0.6) is 5.75 Å². The van der Waals surface area contributed by atoms with Crippen molar-refractivity contribution < 1.29 is 24.5 Å². The maximum atomic E-state index is 11.6. The Hall–Kier alpha value is -2.63. The second-order valence-corrected chi connectivity index (χ2v) is 6.90. The average molecular weight is 384 g/mol. The number of hydrogen-bond acceptors (Lipinski definition) is 5. The second kappa shape index (κ2) is 10.6. The Kier molecular flexibility index (Phi) is 8.23. The van der Waals surface area contributed by atoms with Gasteiger partial charge in [0, 0.05) is 17.9 Å². The van der Waals surface area contributed by atoms with Gasteiger partial charge in [0.1, 0.15) is 5.75 Å². The molecule has 0 aliphatic carbocycles. The van der Waals surface area contributed by atoms with Gasteiger partial charge in [0.15, 0.2) is 0 Å². The third kappa shape index (κ3) is 6.22. The lowest BCUT2D eigenvalue weighted by Crippen LogP contribution is -2.20. The lowest BCUT2D eigenvalue weighted by atomic mass is 10.00. The van der Waals surface area contributed by atoms with Gasteiger partial charge in [-0.3, -0.25) is 0 Å². The first-order chi connectivity index (χ1) is 13.4. The predicted molar refractivity (Wildman–Crippen MR) is 109 cm³/mol. The number of hydrogen-bond donors (Lipinski definition) is 2. The van der Waals surface area contributed by atoms with Gasteiger partial charge in [0.05, 0.1) is 26.4 Å². The predicted octanol–water partition coefficient (Wildman–Crippen LogP) is 3.30. The van der Waals surface area contributed by atoms with E-state index in [0.717, 1.165) is 16.7 Å². The SMILES string of the molecule is C=C(C)C(=O)OCCc1cc(-c2ccc(C)cc2)ccc1OCC(CO)CO. The van der Waals surface area contributed by atoms with Gasteiger partial charge in [-0.1, -0.05) is 42.5 Å². The van der Waals surface area contributed by atoms with E-state index in [1.54, 1.807) is 6.92 Å². The summed E-state index contributed by atoms with van der Waals surface area (Å²) >= 11 is 0. The minimum absolute atomic E-state index is 0.149. The van der Waals surface area contributed by atoms with E-state index in [4.69, 9.17) is 9.47 Å². The normalized spacial score (nSPS) is 10.8. The Morgan fingerprint density at radius 1 is 1.07 bits per heavy atom. The lowest BCUT2D eigenvalue weighted by Gasteiger charge is -2.17. The summed E-state index contributed by atoms with van der Waals surface area (Å²) in [5, 5.41) is 18.5. The maximum Gasteiger partial charge on any atom is 0.333 e. The topological polar surface area (TPSA) is 76.0 Å². The van der Waals surface area contributed by atoms with Gasteiger partial charge in [-0.15, -0.1) is 0 Å². The summed E-state index contributed by atoms with van der Waals surface area (Å²) < 4.78 is 11.0. The van der Waals surface area contributed by atoms with Crippen LogP contribution in [0.15, 0.2) is 54.6 Å². The highest BCUT2D eigenvalue weighted by molar-refractivity contribution is 5.86. The van der Waals surface area contributed by atoms with Crippen LogP contribution < -0.4 is 4.74 Å². The minimum atomic E-state index is -0.419. The number of carbonyl (C=O) groups is 1. The smallest absolute Gasteiger partial charge is 0.333 e. The molecule has 0 bridgehead atoms. The molecule has 0 saturated heterocycles. The van der Waals surface area contributed by atoms with Crippen LogP contribution in [-0.4, -0.2) is 42.6 Å². The summed E-state index contributed by atoms with van der Waals surface area (Å²) in [6.45, 7) is 7.35. The molecule has 150 valence electrons. The van der Waals surface area contributed by atoms with Gasteiger partial charge in [-0.2, -0.15) is 0 Å². The van der Waals surface area contributed by atoms with Crippen LogP contribution in [0.1, 0.15) is 18.1 Å². The van der Waals surface area contributed by atoms with Crippen molar-refractivity contribution in [2.24, 2.45) is 5.92 Å². The zero-order valence-corrected chi connectivity index (χ0v) is 16.5. The van der Waals surface area contributed by atoms with E-state index < -0.39 is 5.97 Å². The molecule has 0 radical (unpaired) electrons. The fourth-order valence-electron chi connectivity index (χ4n) is 2.59. The fraction of sp³-hybridized carbons (Fsp3) is 0.348. The maximum absolute atomic E-state index is 11.6. The highest BCUT2D eigenvalue weighted by Crippen LogP contribution is 2.28. The van der Waals surface area contributed by atoms with Crippen molar-refractivity contribution in [2.45, 2.75) is 20.3 Å². The minimum Gasteiger partial charge on any atom is -0.493 e. The molecular weight excluding hydrogens is 356 g/mol.